The van der Waals surface area contributed by atoms with Crippen LogP contribution in [-0.4, -0.2) is 41.5 Å². The van der Waals surface area contributed by atoms with Gasteiger partial charge in [-0.15, -0.1) is 11.3 Å². The molecule has 1 aliphatic rings. The SMILES string of the molecule is CS(=O)(=O)N1CCC[C@@H]1C#Cc1cc2nc(-c3ccc(OCc4cccc(F)c4)c(Cl)c3)nc(N)c2s1. The van der Waals surface area contributed by atoms with Gasteiger partial charge in [-0.05, 0) is 54.8 Å². The maximum absolute atomic E-state index is 13.4. The van der Waals surface area contributed by atoms with Crippen molar-refractivity contribution in [2.45, 2.75) is 25.5 Å². The zero-order valence-corrected chi connectivity index (χ0v) is 22.1. The van der Waals surface area contributed by atoms with Crippen LogP contribution in [0.25, 0.3) is 21.6 Å². The topological polar surface area (TPSA) is 98.4 Å². The van der Waals surface area contributed by atoms with Gasteiger partial charge in [-0.2, -0.15) is 4.31 Å². The van der Waals surface area contributed by atoms with Gasteiger partial charge in [-0.3, -0.25) is 0 Å². The first-order valence-corrected chi connectivity index (χ1v) is 14.4. The van der Waals surface area contributed by atoms with E-state index >= 15 is 0 Å². The lowest BCUT2D eigenvalue weighted by Crippen LogP contribution is -2.33. The summed E-state index contributed by atoms with van der Waals surface area (Å²) in [4.78, 5) is 9.81. The Morgan fingerprint density at radius 1 is 1.24 bits per heavy atom. The number of nitrogens with two attached hydrogens (primary N) is 1. The lowest BCUT2D eigenvalue weighted by atomic mass is 10.2. The van der Waals surface area contributed by atoms with Gasteiger partial charge in [0.15, 0.2) is 5.82 Å². The van der Waals surface area contributed by atoms with Crippen molar-refractivity contribution in [2.24, 2.45) is 0 Å². The molecule has 5 rings (SSSR count). The molecule has 1 aliphatic heterocycles. The molecule has 7 nitrogen and oxygen atoms in total. The molecule has 0 spiro atoms. The van der Waals surface area contributed by atoms with Gasteiger partial charge in [-0.25, -0.2) is 22.8 Å². The predicted molar refractivity (Wildman–Crippen MR) is 144 cm³/mol. The van der Waals surface area contributed by atoms with Gasteiger partial charge in [0.05, 0.1) is 32.4 Å². The first-order chi connectivity index (χ1) is 17.7. The normalized spacial score (nSPS) is 16.0. The van der Waals surface area contributed by atoms with Crippen LogP contribution in [0.1, 0.15) is 23.3 Å². The average Bonchev–Trinajstić information content (AvgIpc) is 3.49. The highest BCUT2D eigenvalue weighted by atomic mass is 35.5. The van der Waals surface area contributed by atoms with E-state index in [0.29, 0.717) is 56.7 Å². The number of nitrogens with zero attached hydrogens (tertiary/aromatic N) is 3. The van der Waals surface area contributed by atoms with Crippen LogP contribution in [0, 0.1) is 17.7 Å². The number of halogens is 2. The fourth-order valence-corrected chi connectivity index (χ4v) is 6.30. The number of hydrogen-bond donors (Lipinski definition) is 1. The second-order valence-electron chi connectivity index (χ2n) is 8.62. The van der Waals surface area contributed by atoms with Crippen LogP contribution in [0.5, 0.6) is 5.75 Å². The maximum atomic E-state index is 13.4. The van der Waals surface area contributed by atoms with E-state index in [9.17, 15) is 12.8 Å². The molecule has 0 radical (unpaired) electrons. The molecule has 11 heteroatoms. The van der Waals surface area contributed by atoms with E-state index in [0.717, 1.165) is 11.3 Å². The molecule has 0 bridgehead atoms. The number of rotatable bonds is 5. The Balaban J connectivity index is 1.37. The van der Waals surface area contributed by atoms with Gasteiger partial charge in [-0.1, -0.05) is 35.6 Å². The van der Waals surface area contributed by atoms with Crippen molar-refractivity contribution in [3.05, 3.63) is 69.8 Å². The summed E-state index contributed by atoms with van der Waals surface area (Å²) in [6.07, 6.45) is 2.71. The molecule has 190 valence electrons. The van der Waals surface area contributed by atoms with Crippen molar-refractivity contribution in [3.8, 4) is 29.0 Å². The molecular weight excluding hydrogens is 535 g/mol. The maximum Gasteiger partial charge on any atom is 0.212 e. The summed E-state index contributed by atoms with van der Waals surface area (Å²) >= 11 is 7.80. The number of anilines is 1. The minimum atomic E-state index is -3.29. The molecule has 2 N–H and O–H groups in total. The molecule has 1 saturated heterocycles. The van der Waals surface area contributed by atoms with Crippen LogP contribution in [0.4, 0.5) is 10.2 Å². The van der Waals surface area contributed by atoms with Crippen molar-refractivity contribution in [2.75, 3.05) is 18.5 Å². The van der Waals surface area contributed by atoms with E-state index in [1.165, 1.54) is 34.0 Å². The van der Waals surface area contributed by atoms with Crippen molar-refractivity contribution < 1.29 is 17.5 Å². The van der Waals surface area contributed by atoms with Crippen LogP contribution in [0.3, 0.4) is 0 Å². The molecule has 2 aromatic carbocycles. The van der Waals surface area contributed by atoms with Crippen LogP contribution in [0.2, 0.25) is 5.02 Å². The zero-order valence-electron chi connectivity index (χ0n) is 19.7. The predicted octanol–water partition coefficient (Wildman–Crippen LogP) is 5.09. The third-order valence-corrected chi connectivity index (χ3v) is 8.51. The number of ether oxygens (including phenoxy) is 1. The minimum Gasteiger partial charge on any atom is -0.487 e. The molecule has 0 amide bonds. The number of sulfonamides is 1. The number of aromatic nitrogens is 2. The number of benzene rings is 2. The second-order valence-corrected chi connectivity index (χ2v) is 12.0. The largest absolute Gasteiger partial charge is 0.487 e. The third-order valence-electron chi connectivity index (χ3n) is 5.86. The number of hydrogen-bond acceptors (Lipinski definition) is 7. The summed E-state index contributed by atoms with van der Waals surface area (Å²) in [7, 11) is -3.29. The van der Waals surface area contributed by atoms with Gasteiger partial charge >= 0.3 is 0 Å². The number of thiophene rings is 1. The van der Waals surface area contributed by atoms with E-state index in [2.05, 4.69) is 21.8 Å². The van der Waals surface area contributed by atoms with Gasteiger partial charge in [0, 0.05) is 12.1 Å². The van der Waals surface area contributed by atoms with Crippen LogP contribution in [-0.2, 0) is 16.6 Å². The van der Waals surface area contributed by atoms with E-state index in [-0.39, 0.29) is 18.5 Å². The fourth-order valence-electron chi connectivity index (χ4n) is 4.12. The average molecular weight is 557 g/mol. The van der Waals surface area contributed by atoms with E-state index < -0.39 is 10.0 Å². The van der Waals surface area contributed by atoms with Crippen LogP contribution in [0.15, 0.2) is 48.5 Å². The Hall–Kier alpha value is -3.23. The standard InChI is InChI=1S/C26H22ClFN4O3S2/c1-37(33,34)32-11-3-6-19(32)8-9-20-14-22-24(36-20)25(29)31-26(30-22)17-7-10-23(21(27)13-17)35-15-16-4-2-5-18(28)12-16/h2,4-5,7,10,12-14,19H,3,6,11,15H2,1H3,(H2,29,30,31)/t19-/m1/s1. The lowest BCUT2D eigenvalue weighted by molar-refractivity contribution is 0.306. The van der Waals surface area contributed by atoms with Gasteiger partial charge < -0.3 is 10.5 Å². The fraction of sp³-hybridized carbons (Fsp3) is 0.231. The summed E-state index contributed by atoms with van der Waals surface area (Å²) in [6.45, 7) is 0.664. The molecule has 0 unspecified atom stereocenters. The van der Waals surface area contributed by atoms with Gasteiger partial charge in [0.2, 0.25) is 10.0 Å². The lowest BCUT2D eigenvalue weighted by Gasteiger charge is -2.16. The number of fused-ring (bicyclic) bond motifs is 1. The van der Waals surface area contributed by atoms with Crippen molar-refractivity contribution in [3.63, 3.8) is 0 Å². The van der Waals surface area contributed by atoms with Crippen molar-refractivity contribution >= 4 is 49.0 Å². The summed E-state index contributed by atoms with van der Waals surface area (Å²) in [6, 6.07) is 12.8. The molecule has 37 heavy (non-hydrogen) atoms. The molecule has 1 atom stereocenters. The van der Waals surface area contributed by atoms with Gasteiger partial charge in [0.25, 0.3) is 0 Å². The summed E-state index contributed by atoms with van der Waals surface area (Å²) in [5.74, 6) is 7.02. The highest BCUT2D eigenvalue weighted by Crippen LogP contribution is 2.33. The molecule has 0 aliphatic carbocycles. The van der Waals surface area contributed by atoms with E-state index in [1.54, 1.807) is 30.3 Å². The molecule has 4 aromatic rings. The molecule has 3 heterocycles. The first-order valence-electron chi connectivity index (χ1n) is 11.4. The summed E-state index contributed by atoms with van der Waals surface area (Å²) in [5, 5.41) is 0.361. The highest BCUT2D eigenvalue weighted by molar-refractivity contribution is 7.88. The third kappa shape index (κ3) is 5.70. The Kier molecular flexibility index (Phi) is 7.05. The quantitative estimate of drug-likeness (QED) is 0.344. The van der Waals surface area contributed by atoms with E-state index in [4.69, 9.17) is 22.1 Å². The van der Waals surface area contributed by atoms with Crippen molar-refractivity contribution in [1.82, 2.24) is 14.3 Å². The monoisotopic (exact) mass is 556 g/mol. The van der Waals surface area contributed by atoms with Crippen LogP contribution < -0.4 is 10.5 Å². The smallest absolute Gasteiger partial charge is 0.212 e. The second kappa shape index (κ2) is 10.3. The Morgan fingerprint density at radius 3 is 2.84 bits per heavy atom. The molecule has 0 saturated carbocycles. The summed E-state index contributed by atoms with van der Waals surface area (Å²) in [5.41, 5.74) is 8.22. The first kappa shape index (κ1) is 25.4. The minimum absolute atomic E-state index is 0.174. The van der Waals surface area contributed by atoms with Gasteiger partial charge in [0.1, 0.15) is 24.0 Å². The molecule has 1 fully saturated rings. The van der Waals surface area contributed by atoms with E-state index in [1.807, 2.05) is 6.07 Å². The zero-order chi connectivity index (χ0) is 26.2. The van der Waals surface area contributed by atoms with Crippen LogP contribution >= 0.6 is 22.9 Å². The van der Waals surface area contributed by atoms with Crippen molar-refractivity contribution in [1.29, 1.82) is 0 Å². The Bertz CT molecular complexity index is 1660. The molecule has 2 aromatic heterocycles. The highest BCUT2D eigenvalue weighted by Gasteiger charge is 2.30. The Labute approximate surface area is 223 Å². The number of nitrogen functional groups attached to an aromatic ring is 1. The summed E-state index contributed by atoms with van der Waals surface area (Å²) < 4.78 is 45.2. The Morgan fingerprint density at radius 2 is 2.08 bits per heavy atom. The molecular formula is C26H22ClFN4O3S2.